The monoisotopic (exact) mass is 313 g/mol. The van der Waals surface area contributed by atoms with E-state index in [-0.39, 0.29) is 6.54 Å². The van der Waals surface area contributed by atoms with Gasteiger partial charge in [0.15, 0.2) is 0 Å². The quantitative estimate of drug-likeness (QED) is 0.828. The van der Waals surface area contributed by atoms with Gasteiger partial charge in [0.25, 0.3) is 0 Å². The lowest BCUT2D eigenvalue weighted by Gasteiger charge is -2.17. The maximum atomic E-state index is 12.2. The molecule has 0 amide bonds. The van der Waals surface area contributed by atoms with E-state index in [0.29, 0.717) is 29.4 Å². The first-order valence-corrected chi connectivity index (χ1v) is 8.11. The molecule has 0 radical (unpaired) electrons. The zero-order chi connectivity index (χ0) is 14.6. The second kappa shape index (κ2) is 6.46. The molecular weight excluding hydrogens is 298 g/mol. The van der Waals surface area contributed by atoms with E-state index in [1.165, 1.54) is 4.31 Å². The molecule has 2 rings (SSSR count). The van der Waals surface area contributed by atoms with Gasteiger partial charge in [0.2, 0.25) is 0 Å². The van der Waals surface area contributed by atoms with E-state index >= 15 is 0 Å². The molecule has 1 heterocycles. The summed E-state index contributed by atoms with van der Waals surface area (Å²) in [7, 11) is -3.55. The summed E-state index contributed by atoms with van der Waals surface area (Å²) in [5.74, 6) is 5.56. The largest absolute Gasteiger partial charge is 0.320 e. The van der Waals surface area contributed by atoms with E-state index in [1.54, 1.807) is 18.2 Å². The van der Waals surface area contributed by atoms with Crippen LogP contribution < -0.4 is 10.5 Å². The molecule has 0 aliphatic carbocycles. The molecule has 3 N–H and O–H groups in total. The van der Waals surface area contributed by atoms with Crippen LogP contribution in [0.2, 0.25) is 5.02 Å². The SMILES string of the molecule is NCC#Cc1ccc(Cl)c(NS(=O)(=O)N2CCCC2)c1. The zero-order valence-electron chi connectivity index (χ0n) is 10.9. The van der Waals surface area contributed by atoms with Crippen molar-refractivity contribution < 1.29 is 8.42 Å². The number of nitrogens with zero attached hydrogens (tertiary/aromatic N) is 1. The van der Waals surface area contributed by atoms with Crippen LogP contribution in [0.15, 0.2) is 18.2 Å². The second-order valence-electron chi connectivity index (χ2n) is 4.41. The Balaban J connectivity index is 2.23. The normalized spacial score (nSPS) is 15.7. The molecule has 0 saturated carbocycles. The van der Waals surface area contributed by atoms with Crippen molar-refractivity contribution in [2.45, 2.75) is 12.8 Å². The van der Waals surface area contributed by atoms with Gasteiger partial charge in [-0.3, -0.25) is 4.72 Å². The van der Waals surface area contributed by atoms with Crippen LogP contribution >= 0.6 is 11.6 Å². The van der Waals surface area contributed by atoms with Crippen molar-refractivity contribution in [1.29, 1.82) is 0 Å². The maximum Gasteiger partial charge on any atom is 0.301 e. The Morgan fingerprint density at radius 3 is 2.70 bits per heavy atom. The third-order valence-corrected chi connectivity index (χ3v) is 4.80. The Labute approximate surface area is 124 Å². The highest BCUT2D eigenvalue weighted by atomic mass is 35.5. The fraction of sp³-hybridized carbons (Fsp3) is 0.385. The lowest BCUT2D eigenvalue weighted by molar-refractivity contribution is 0.482. The highest BCUT2D eigenvalue weighted by molar-refractivity contribution is 7.90. The molecule has 1 aromatic rings. The van der Waals surface area contributed by atoms with Crippen molar-refractivity contribution in [2.24, 2.45) is 5.73 Å². The smallest absolute Gasteiger partial charge is 0.301 e. The van der Waals surface area contributed by atoms with E-state index in [4.69, 9.17) is 17.3 Å². The lowest BCUT2D eigenvalue weighted by Crippen LogP contribution is -2.33. The van der Waals surface area contributed by atoms with E-state index < -0.39 is 10.2 Å². The Kier molecular flexibility index (Phi) is 4.89. The van der Waals surface area contributed by atoms with Crippen molar-refractivity contribution in [3.63, 3.8) is 0 Å². The van der Waals surface area contributed by atoms with Crippen LogP contribution in [0.3, 0.4) is 0 Å². The number of nitrogens with two attached hydrogens (primary N) is 1. The van der Waals surface area contributed by atoms with Gasteiger partial charge in [-0.2, -0.15) is 12.7 Å². The molecule has 1 fully saturated rings. The van der Waals surface area contributed by atoms with E-state index in [9.17, 15) is 8.42 Å². The van der Waals surface area contributed by atoms with E-state index in [2.05, 4.69) is 16.6 Å². The molecule has 1 aromatic carbocycles. The Morgan fingerprint density at radius 1 is 1.35 bits per heavy atom. The molecule has 20 heavy (non-hydrogen) atoms. The van der Waals surface area contributed by atoms with Crippen molar-refractivity contribution in [3.8, 4) is 11.8 Å². The summed E-state index contributed by atoms with van der Waals surface area (Å²) in [6.45, 7) is 1.33. The number of anilines is 1. The fourth-order valence-electron chi connectivity index (χ4n) is 1.97. The third kappa shape index (κ3) is 3.64. The molecule has 0 aromatic heterocycles. The molecule has 0 spiro atoms. The number of halogens is 1. The highest BCUT2D eigenvalue weighted by Crippen LogP contribution is 2.25. The lowest BCUT2D eigenvalue weighted by atomic mass is 10.2. The standard InChI is InChI=1S/C13H16ClN3O2S/c14-12-6-5-11(4-3-7-15)10-13(12)16-20(18,19)17-8-1-2-9-17/h5-6,10,16H,1-2,7-9,15H2. The van der Waals surface area contributed by atoms with Crippen LogP contribution in [-0.4, -0.2) is 32.4 Å². The molecule has 1 aliphatic heterocycles. The summed E-state index contributed by atoms with van der Waals surface area (Å²) < 4.78 is 28.3. The minimum atomic E-state index is -3.55. The Bertz CT molecular complexity index is 643. The molecule has 7 heteroatoms. The number of benzene rings is 1. The molecule has 0 bridgehead atoms. The third-order valence-electron chi connectivity index (χ3n) is 2.95. The molecule has 108 valence electrons. The summed E-state index contributed by atoms with van der Waals surface area (Å²) in [6.07, 6.45) is 1.77. The predicted octanol–water partition coefficient (Wildman–Crippen LogP) is 1.40. The molecular formula is C13H16ClN3O2S. The number of rotatable bonds is 3. The highest BCUT2D eigenvalue weighted by Gasteiger charge is 2.25. The maximum absolute atomic E-state index is 12.2. The van der Waals surface area contributed by atoms with Gasteiger partial charge in [0.05, 0.1) is 17.3 Å². The number of nitrogens with one attached hydrogen (secondary N) is 1. The van der Waals surface area contributed by atoms with Crippen molar-refractivity contribution >= 4 is 27.5 Å². The first-order chi connectivity index (χ1) is 9.53. The molecule has 0 atom stereocenters. The summed E-state index contributed by atoms with van der Waals surface area (Å²) >= 11 is 6.02. The summed E-state index contributed by atoms with van der Waals surface area (Å²) in [4.78, 5) is 0. The summed E-state index contributed by atoms with van der Waals surface area (Å²) in [5.41, 5.74) is 6.31. The average Bonchev–Trinajstić information content (AvgIpc) is 2.94. The van der Waals surface area contributed by atoms with Gasteiger partial charge in [-0.1, -0.05) is 23.4 Å². The van der Waals surface area contributed by atoms with Gasteiger partial charge in [0, 0.05) is 18.7 Å². The van der Waals surface area contributed by atoms with Crippen molar-refractivity contribution in [2.75, 3.05) is 24.4 Å². The van der Waals surface area contributed by atoms with Gasteiger partial charge >= 0.3 is 10.2 Å². The Morgan fingerprint density at radius 2 is 2.05 bits per heavy atom. The van der Waals surface area contributed by atoms with Crippen LogP contribution in [0.1, 0.15) is 18.4 Å². The van der Waals surface area contributed by atoms with Gasteiger partial charge in [-0.05, 0) is 31.0 Å². The first kappa shape index (κ1) is 15.1. The zero-order valence-corrected chi connectivity index (χ0v) is 12.5. The minimum absolute atomic E-state index is 0.247. The molecule has 1 saturated heterocycles. The second-order valence-corrected chi connectivity index (χ2v) is 6.49. The molecule has 5 nitrogen and oxygen atoms in total. The number of hydrogen-bond donors (Lipinski definition) is 2. The van der Waals surface area contributed by atoms with Crippen LogP contribution in [0.5, 0.6) is 0 Å². The predicted molar refractivity (Wildman–Crippen MR) is 80.7 cm³/mol. The molecule has 0 unspecified atom stereocenters. The van der Waals surface area contributed by atoms with Gasteiger partial charge in [0.1, 0.15) is 0 Å². The van der Waals surface area contributed by atoms with Crippen molar-refractivity contribution in [3.05, 3.63) is 28.8 Å². The van der Waals surface area contributed by atoms with Crippen LogP contribution in [0, 0.1) is 11.8 Å². The molecule has 1 aliphatic rings. The van der Waals surface area contributed by atoms with E-state index in [1.807, 2.05) is 0 Å². The van der Waals surface area contributed by atoms with E-state index in [0.717, 1.165) is 12.8 Å². The van der Waals surface area contributed by atoms with Gasteiger partial charge in [-0.15, -0.1) is 0 Å². The van der Waals surface area contributed by atoms with Crippen LogP contribution in [0.25, 0.3) is 0 Å². The fourth-order valence-corrected chi connectivity index (χ4v) is 3.50. The summed E-state index contributed by atoms with van der Waals surface area (Å²) in [6, 6.07) is 4.95. The van der Waals surface area contributed by atoms with Crippen LogP contribution in [-0.2, 0) is 10.2 Å². The topological polar surface area (TPSA) is 75.4 Å². The van der Waals surface area contributed by atoms with Gasteiger partial charge in [-0.25, -0.2) is 0 Å². The number of hydrogen-bond acceptors (Lipinski definition) is 3. The Hall–Kier alpha value is -1.26. The van der Waals surface area contributed by atoms with Crippen molar-refractivity contribution in [1.82, 2.24) is 4.31 Å². The average molecular weight is 314 g/mol. The van der Waals surface area contributed by atoms with Gasteiger partial charge < -0.3 is 5.73 Å². The summed E-state index contributed by atoms with van der Waals surface area (Å²) in [5, 5.41) is 0.339. The van der Waals surface area contributed by atoms with Crippen LogP contribution in [0.4, 0.5) is 5.69 Å². The first-order valence-electron chi connectivity index (χ1n) is 6.29. The minimum Gasteiger partial charge on any atom is -0.320 e.